The van der Waals surface area contributed by atoms with Crippen molar-refractivity contribution in [3.8, 4) is 0 Å². The van der Waals surface area contributed by atoms with Gasteiger partial charge in [0.05, 0.1) is 5.39 Å². The molecule has 4 rings (SSSR count). The molecule has 150 valence electrons. The molecule has 8 heteroatoms. The van der Waals surface area contributed by atoms with Gasteiger partial charge in [0.2, 0.25) is 0 Å². The summed E-state index contributed by atoms with van der Waals surface area (Å²) in [6, 6.07) is 8.49. The van der Waals surface area contributed by atoms with E-state index in [2.05, 4.69) is 10.1 Å². The summed E-state index contributed by atoms with van der Waals surface area (Å²) in [6.45, 7) is 5.80. The number of nitrogens with zero attached hydrogens (tertiary/aromatic N) is 5. The van der Waals surface area contributed by atoms with Crippen molar-refractivity contribution in [1.82, 2.24) is 19.7 Å². The van der Waals surface area contributed by atoms with Crippen molar-refractivity contribution >= 4 is 22.5 Å². The van der Waals surface area contributed by atoms with Gasteiger partial charge in [-0.2, -0.15) is 5.10 Å². The van der Waals surface area contributed by atoms with E-state index < -0.39 is 0 Å². The normalized spacial score (nSPS) is 14.4. The standard InChI is InChI=1S/C21H22FN5O2/c1-3-27-20(28)16-7-5-4-6-15(16)18(24-27)21(29)26-10-8-25(9-11-26)19-17(22)12-14(2)13-23-19/h4-7,12-13H,3,8-11H2,1-2H3. The quantitative estimate of drug-likeness (QED) is 0.680. The summed E-state index contributed by atoms with van der Waals surface area (Å²) in [4.78, 5) is 33.4. The van der Waals surface area contributed by atoms with Gasteiger partial charge in [0, 0.05) is 44.3 Å². The molecule has 2 aromatic heterocycles. The predicted octanol–water partition coefficient (Wildman–Crippen LogP) is 2.22. The number of piperazine rings is 1. The molecule has 29 heavy (non-hydrogen) atoms. The Morgan fingerprint density at radius 3 is 2.48 bits per heavy atom. The maximum Gasteiger partial charge on any atom is 0.275 e. The number of benzene rings is 1. The van der Waals surface area contributed by atoms with Crippen LogP contribution in [0.3, 0.4) is 0 Å². The largest absolute Gasteiger partial charge is 0.351 e. The van der Waals surface area contributed by atoms with Gasteiger partial charge in [-0.1, -0.05) is 18.2 Å². The van der Waals surface area contributed by atoms with E-state index in [0.717, 1.165) is 5.56 Å². The molecule has 1 amide bonds. The Bertz CT molecular complexity index is 1140. The molecule has 1 aromatic carbocycles. The molecule has 7 nitrogen and oxygen atoms in total. The summed E-state index contributed by atoms with van der Waals surface area (Å²) in [5.74, 6) is -0.265. The predicted molar refractivity (Wildman–Crippen MR) is 109 cm³/mol. The van der Waals surface area contributed by atoms with Crippen LogP contribution in [-0.4, -0.2) is 51.8 Å². The number of aromatic nitrogens is 3. The van der Waals surface area contributed by atoms with Gasteiger partial charge in [-0.3, -0.25) is 9.59 Å². The number of carbonyl (C=O) groups is 1. The molecular formula is C21H22FN5O2. The van der Waals surface area contributed by atoms with Crippen LogP contribution in [0.2, 0.25) is 0 Å². The number of fused-ring (bicyclic) bond motifs is 1. The second kappa shape index (κ2) is 7.62. The number of hydrogen-bond donors (Lipinski definition) is 0. The second-order valence-corrected chi connectivity index (χ2v) is 7.11. The van der Waals surface area contributed by atoms with Gasteiger partial charge >= 0.3 is 0 Å². The smallest absolute Gasteiger partial charge is 0.275 e. The minimum atomic E-state index is -0.354. The Morgan fingerprint density at radius 1 is 1.14 bits per heavy atom. The third kappa shape index (κ3) is 3.46. The monoisotopic (exact) mass is 395 g/mol. The zero-order valence-electron chi connectivity index (χ0n) is 16.4. The van der Waals surface area contributed by atoms with Gasteiger partial charge in [0.1, 0.15) is 0 Å². The first kappa shape index (κ1) is 19.0. The van der Waals surface area contributed by atoms with Crippen LogP contribution in [0.1, 0.15) is 23.0 Å². The fraction of sp³-hybridized carbons (Fsp3) is 0.333. The van der Waals surface area contributed by atoms with E-state index in [1.165, 1.54) is 10.7 Å². The summed E-state index contributed by atoms with van der Waals surface area (Å²) in [6.07, 6.45) is 1.64. The molecule has 3 heterocycles. The van der Waals surface area contributed by atoms with Gasteiger partial charge in [0.15, 0.2) is 17.3 Å². The van der Waals surface area contributed by atoms with E-state index in [4.69, 9.17) is 0 Å². The zero-order chi connectivity index (χ0) is 20.5. The van der Waals surface area contributed by atoms with E-state index in [1.54, 1.807) is 42.3 Å². The maximum absolute atomic E-state index is 14.2. The number of aryl methyl sites for hydroxylation is 2. The molecule has 0 bridgehead atoms. The third-order valence-electron chi connectivity index (χ3n) is 5.19. The maximum atomic E-state index is 14.2. The first-order valence-corrected chi connectivity index (χ1v) is 9.66. The molecule has 0 unspecified atom stereocenters. The van der Waals surface area contributed by atoms with Crippen molar-refractivity contribution in [2.75, 3.05) is 31.1 Å². The van der Waals surface area contributed by atoms with Gasteiger partial charge in [-0.15, -0.1) is 0 Å². The fourth-order valence-corrected chi connectivity index (χ4v) is 3.64. The molecule has 0 saturated carbocycles. The molecule has 0 spiro atoms. The molecular weight excluding hydrogens is 373 g/mol. The van der Waals surface area contributed by atoms with Crippen molar-refractivity contribution < 1.29 is 9.18 Å². The molecule has 0 N–H and O–H groups in total. The number of amides is 1. The zero-order valence-corrected chi connectivity index (χ0v) is 16.4. The average molecular weight is 395 g/mol. The van der Waals surface area contributed by atoms with Crippen molar-refractivity contribution in [3.05, 3.63) is 64.0 Å². The Morgan fingerprint density at radius 2 is 1.83 bits per heavy atom. The van der Waals surface area contributed by atoms with E-state index in [0.29, 0.717) is 49.3 Å². The van der Waals surface area contributed by atoms with Crippen LogP contribution in [0, 0.1) is 12.7 Å². The highest BCUT2D eigenvalue weighted by atomic mass is 19.1. The number of hydrogen-bond acceptors (Lipinski definition) is 5. The van der Waals surface area contributed by atoms with Gasteiger partial charge in [-0.25, -0.2) is 14.1 Å². The molecule has 0 atom stereocenters. The Labute approximate surface area is 167 Å². The minimum absolute atomic E-state index is 0.203. The molecule has 1 aliphatic heterocycles. The number of rotatable bonds is 3. The highest BCUT2D eigenvalue weighted by molar-refractivity contribution is 6.04. The number of anilines is 1. The Balaban J connectivity index is 1.59. The van der Waals surface area contributed by atoms with Crippen molar-refractivity contribution in [2.45, 2.75) is 20.4 Å². The first-order valence-electron chi connectivity index (χ1n) is 9.66. The molecule has 1 saturated heterocycles. The molecule has 1 aliphatic rings. The Hall–Kier alpha value is -3.29. The van der Waals surface area contributed by atoms with Crippen LogP contribution in [-0.2, 0) is 6.54 Å². The summed E-state index contributed by atoms with van der Waals surface area (Å²) in [5.41, 5.74) is 0.838. The minimum Gasteiger partial charge on any atom is -0.351 e. The van der Waals surface area contributed by atoms with E-state index in [-0.39, 0.29) is 23.0 Å². The Kier molecular flexibility index (Phi) is 5.00. The van der Waals surface area contributed by atoms with Gasteiger partial charge in [0.25, 0.3) is 11.5 Å². The number of carbonyl (C=O) groups excluding carboxylic acids is 1. The summed E-state index contributed by atoms with van der Waals surface area (Å²) < 4.78 is 15.5. The van der Waals surface area contributed by atoms with E-state index in [9.17, 15) is 14.0 Å². The lowest BCUT2D eigenvalue weighted by Gasteiger charge is -2.35. The number of pyridine rings is 1. The lowest BCUT2D eigenvalue weighted by Crippen LogP contribution is -2.49. The molecule has 0 radical (unpaired) electrons. The molecule has 0 aliphatic carbocycles. The fourth-order valence-electron chi connectivity index (χ4n) is 3.64. The van der Waals surface area contributed by atoms with Crippen LogP contribution < -0.4 is 10.5 Å². The first-order chi connectivity index (χ1) is 14.0. The topological polar surface area (TPSA) is 71.3 Å². The van der Waals surface area contributed by atoms with Crippen molar-refractivity contribution in [2.24, 2.45) is 0 Å². The van der Waals surface area contributed by atoms with Crippen molar-refractivity contribution in [1.29, 1.82) is 0 Å². The van der Waals surface area contributed by atoms with Crippen LogP contribution in [0.25, 0.3) is 10.8 Å². The van der Waals surface area contributed by atoms with Crippen LogP contribution in [0.5, 0.6) is 0 Å². The highest BCUT2D eigenvalue weighted by Crippen LogP contribution is 2.20. The van der Waals surface area contributed by atoms with Crippen LogP contribution in [0.4, 0.5) is 10.2 Å². The number of halogens is 1. The highest BCUT2D eigenvalue weighted by Gasteiger charge is 2.27. The van der Waals surface area contributed by atoms with Crippen LogP contribution in [0.15, 0.2) is 41.3 Å². The van der Waals surface area contributed by atoms with Crippen LogP contribution >= 0.6 is 0 Å². The average Bonchev–Trinajstić information content (AvgIpc) is 2.74. The lowest BCUT2D eigenvalue weighted by molar-refractivity contribution is 0.0740. The van der Waals surface area contributed by atoms with Gasteiger partial charge < -0.3 is 9.80 Å². The van der Waals surface area contributed by atoms with Gasteiger partial charge in [-0.05, 0) is 31.5 Å². The van der Waals surface area contributed by atoms with E-state index in [1.807, 2.05) is 11.8 Å². The lowest BCUT2D eigenvalue weighted by atomic mass is 10.1. The summed E-state index contributed by atoms with van der Waals surface area (Å²) in [5, 5.41) is 5.36. The summed E-state index contributed by atoms with van der Waals surface area (Å²) in [7, 11) is 0. The molecule has 3 aromatic rings. The van der Waals surface area contributed by atoms with E-state index >= 15 is 0 Å². The SMILES string of the molecule is CCn1nc(C(=O)N2CCN(c3ncc(C)cc3F)CC2)c2ccccc2c1=O. The third-order valence-corrected chi connectivity index (χ3v) is 5.19. The second-order valence-electron chi connectivity index (χ2n) is 7.11. The molecule has 1 fully saturated rings. The summed E-state index contributed by atoms with van der Waals surface area (Å²) >= 11 is 0. The van der Waals surface area contributed by atoms with Crippen molar-refractivity contribution in [3.63, 3.8) is 0 Å².